The molecule has 0 radical (unpaired) electrons. The number of carbonyl (C=O) groups is 1. The Morgan fingerprint density at radius 2 is 1.87 bits per heavy atom. The highest BCUT2D eigenvalue weighted by Gasteiger charge is 2.26. The Kier molecular flexibility index (Phi) is 7.30. The molecule has 1 aromatic carbocycles. The van der Waals surface area contributed by atoms with Gasteiger partial charge in [-0.15, -0.1) is 0 Å². The van der Waals surface area contributed by atoms with Crippen LogP contribution in [0.4, 0.5) is 4.39 Å². The van der Waals surface area contributed by atoms with Gasteiger partial charge in [0.15, 0.2) is 0 Å². The molecule has 2 aromatic rings. The third-order valence-electron chi connectivity index (χ3n) is 6.49. The number of piperidine rings is 1. The summed E-state index contributed by atoms with van der Waals surface area (Å²) in [7, 11) is 0. The van der Waals surface area contributed by atoms with Crippen LogP contribution in [0.2, 0.25) is 0 Å². The average Bonchev–Trinajstić information content (AvgIpc) is 3.28. The van der Waals surface area contributed by atoms with Gasteiger partial charge in [0.25, 0.3) is 5.91 Å². The predicted molar refractivity (Wildman–Crippen MR) is 121 cm³/mol. The van der Waals surface area contributed by atoms with E-state index < -0.39 is 0 Å². The van der Waals surface area contributed by atoms with Crippen molar-refractivity contribution < 1.29 is 9.18 Å². The molecule has 0 aliphatic carbocycles. The molecule has 31 heavy (non-hydrogen) atoms. The van der Waals surface area contributed by atoms with Gasteiger partial charge < -0.3 is 10.2 Å². The van der Waals surface area contributed by atoms with Crippen LogP contribution in [0.5, 0.6) is 0 Å². The van der Waals surface area contributed by atoms with Crippen LogP contribution in [-0.2, 0) is 6.54 Å². The zero-order valence-electron chi connectivity index (χ0n) is 18.4. The maximum Gasteiger partial charge on any atom is 0.253 e. The first-order valence-electron chi connectivity index (χ1n) is 11.5. The fraction of sp³-hybridized carbons (Fsp3) is 0.520. The number of benzene rings is 1. The molecule has 0 unspecified atom stereocenters. The number of amides is 1. The maximum atomic E-state index is 13.5. The van der Waals surface area contributed by atoms with Crippen molar-refractivity contribution in [3.05, 3.63) is 64.7 Å². The number of carbonyl (C=O) groups excluding carboxylic acids is 1. The van der Waals surface area contributed by atoms with Crippen molar-refractivity contribution in [1.82, 2.24) is 20.1 Å². The minimum Gasteiger partial charge on any atom is -0.351 e. The molecule has 2 fully saturated rings. The Morgan fingerprint density at radius 1 is 1.10 bits per heavy atom. The molecule has 0 atom stereocenters. The van der Waals surface area contributed by atoms with Crippen molar-refractivity contribution in [2.75, 3.05) is 39.3 Å². The minimum absolute atomic E-state index is 0.0103. The lowest BCUT2D eigenvalue weighted by Gasteiger charge is -2.32. The maximum absolute atomic E-state index is 13.5. The van der Waals surface area contributed by atoms with Gasteiger partial charge in [0.05, 0.1) is 11.3 Å². The fourth-order valence-corrected chi connectivity index (χ4v) is 4.77. The molecule has 2 aliphatic heterocycles. The number of hydrogen-bond donors (Lipinski definition) is 1. The van der Waals surface area contributed by atoms with E-state index >= 15 is 0 Å². The van der Waals surface area contributed by atoms with E-state index in [4.69, 9.17) is 4.98 Å². The summed E-state index contributed by atoms with van der Waals surface area (Å²) in [5.41, 5.74) is 3.61. The fourth-order valence-electron chi connectivity index (χ4n) is 4.77. The number of halogens is 1. The lowest BCUT2D eigenvalue weighted by atomic mass is 9.89. The SMILES string of the molecule is Cc1ccc(C(=O)NCCN2CCCC2)c(C2CCN(Cc3cccc(F)c3)CC2)n1. The third-order valence-corrected chi connectivity index (χ3v) is 6.49. The van der Waals surface area contributed by atoms with Crippen LogP contribution in [0.25, 0.3) is 0 Å². The number of nitrogens with zero attached hydrogens (tertiary/aromatic N) is 3. The highest BCUT2D eigenvalue weighted by atomic mass is 19.1. The Bertz CT molecular complexity index is 889. The largest absolute Gasteiger partial charge is 0.351 e. The van der Waals surface area contributed by atoms with Crippen molar-refractivity contribution in [1.29, 1.82) is 0 Å². The summed E-state index contributed by atoms with van der Waals surface area (Å²) in [6, 6.07) is 10.7. The molecule has 0 spiro atoms. The Balaban J connectivity index is 1.35. The van der Waals surface area contributed by atoms with Crippen LogP contribution < -0.4 is 5.32 Å². The number of nitrogens with one attached hydrogen (secondary N) is 1. The molecule has 2 saturated heterocycles. The normalized spacial score (nSPS) is 18.4. The molecule has 4 rings (SSSR count). The molecule has 1 amide bonds. The number of likely N-dealkylation sites (tertiary alicyclic amines) is 2. The third kappa shape index (κ3) is 5.89. The Morgan fingerprint density at radius 3 is 2.61 bits per heavy atom. The molecule has 2 aliphatic rings. The summed E-state index contributed by atoms with van der Waals surface area (Å²) in [6.07, 6.45) is 4.44. The first kappa shape index (κ1) is 21.9. The van der Waals surface area contributed by atoms with Crippen LogP contribution >= 0.6 is 0 Å². The van der Waals surface area contributed by atoms with E-state index in [1.807, 2.05) is 25.1 Å². The van der Waals surface area contributed by atoms with Gasteiger partial charge in [-0.05, 0) is 88.6 Å². The van der Waals surface area contributed by atoms with Crippen LogP contribution in [0.3, 0.4) is 0 Å². The van der Waals surface area contributed by atoms with Crippen molar-refractivity contribution in [3.8, 4) is 0 Å². The van der Waals surface area contributed by atoms with Gasteiger partial charge in [0, 0.05) is 31.2 Å². The van der Waals surface area contributed by atoms with Gasteiger partial charge >= 0.3 is 0 Å². The molecule has 0 saturated carbocycles. The van der Waals surface area contributed by atoms with E-state index in [0.717, 1.165) is 74.6 Å². The summed E-state index contributed by atoms with van der Waals surface area (Å²) in [5.74, 6) is 0.0867. The molecular weight excluding hydrogens is 391 g/mol. The van der Waals surface area contributed by atoms with Gasteiger partial charge in [-0.3, -0.25) is 14.7 Å². The van der Waals surface area contributed by atoms with Crippen molar-refractivity contribution in [2.24, 2.45) is 0 Å². The van der Waals surface area contributed by atoms with E-state index in [9.17, 15) is 9.18 Å². The first-order chi connectivity index (χ1) is 15.1. The van der Waals surface area contributed by atoms with Gasteiger partial charge in [-0.25, -0.2) is 4.39 Å². The lowest BCUT2D eigenvalue weighted by molar-refractivity contribution is 0.0946. The van der Waals surface area contributed by atoms with Gasteiger partial charge in [-0.1, -0.05) is 12.1 Å². The summed E-state index contributed by atoms with van der Waals surface area (Å²) in [4.78, 5) is 22.5. The standard InChI is InChI=1S/C25H33FN4O/c1-19-7-8-23(25(31)27-11-16-29-12-2-3-13-29)24(28-19)21-9-14-30(15-10-21)18-20-5-4-6-22(26)17-20/h4-8,17,21H,2-3,9-16,18H2,1H3,(H,27,31). The summed E-state index contributed by atoms with van der Waals surface area (Å²) in [5, 5.41) is 3.10. The van der Waals surface area contributed by atoms with E-state index in [2.05, 4.69) is 15.1 Å². The zero-order chi connectivity index (χ0) is 21.6. The van der Waals surface area contributed by atoms with E-state index in [-0.39, 0.29) is 17.6 Å². The zero-order valence-corrected chi connectivity index (χ0v) is 18.4. The van der Waals surface area contributed by atoms with Crippen LogP contribution in [0.1, 0.15) is 58.9 Å². The second-order valence-electron chi connectivity index (χ2n) is 8.87. The number of aryl methyl sites for hydroxylation is 1. The smallest absolute Gasteiger partial charge is 0.253 e. The molecular formula is C25H33FN4O. The van der Waals surface area contributed by atoms with Crippen molar-refractivity contribution >= 4 is 5.91 Å². The topological polar surface area (TPSA) is 48.5 Å². The summed E-state index contributed by atoms with van der Waals surface area (Å²) < 4.78 is 13.5. The highest BCUT2D eigenvalue weighted by molar-refractivity contribution is 5.95. The number of pyridine rings is 1. The van der Waals surface area contributed by atoms with Crippen molar-refractivity contribution in [2.45, 2.75) is 45.1 Å². The lowest BCUT2D eigenvalue weighted by Crippen LogP contribution is -2.35. The van der Waals surface area contributed by atoms with Gasteiger partial charge in [0.1, 0.15) is 5.82 Å². The molecule has 6 heteroatoms. The molecule has 3 heterocycles. The van der Waals surface area contributed by atoms with Crippen LogP contribution in [0.15, 0.2) is 36.4 Å². The summed E-state index contributed by atoms with van der Waals surface area (Å²) >= 11 is 0. The average molecular weight is 425 g/mol. The summed E-state index contributed by atoms with van der Waals surface area (Å²) in [6.45, 7) is 8.46. The van der Waals surface area contributed by atoms with Gasteiger partial charge in [-0.2, -0.15) is 0 Å². The number of hydrogen-bond acceptors (Lipinski definition) is 4. The van der Waals surface area contributed by atoms with Gasteiger partial charge in [0.2, 0.25) is 0 Å². The molecule has 166 valence electrons. The highest BCUT2D eigenvalue weighted by Crippen LogP contribution is 2.30. The van der Waals surface area contributed by atoms with E-state index in [1.54, 1.807) is 12.1 Å². The first-order valence-corrected chi connectivity index (χ1v) is 11.5. The number of rotatable bonds is 7. The monoisotopic (exact) mass is 424 g/mol. The molecule has 1 N–H and O–H groups in total. The van der Waals surface area contributed by atoms with Crippen LogP contribution in [0, 0.1) is 12.7 Å². The predicted octanol–water partition coefficient (Wildman–Crippen LogP) is 3.73. The minimum atomic E-state index is -0.184. The van der Waals surface area contributed by atoms with E-state index in [0.29, 0.717) is 6.54 Å². The molecule has 0 bridgehead atoms. The van der Waals surface area contributed by atoms with E-state index in [1.165, 1.54) is 18.9 Å². The number of aromatic nitrogens is 1. The molecule has 1 aromatic heterocycles. The Hall–Kier alpha value is -2.31. The second-order valence-corrected chi connectivity index (χ2v) is 8.87. The van der Waals surface area contributed by atoms with Crippen LogP contribution in [-0.4, -0.2) is 60.0 Å². The quantitative estimate of drug-likeness (QED) is 0.736. The Labute approximate surface area is 184 Å². The van der Waals surface area contributed by atoms with Crippen molar-refractivity contribution in [3.63, 3.8) is 0 Å². The second kappa shape index (κ2) is 10.3. The molecule has 5 nitrogen and oxygen atoms in total.